The van der Waals surface area contributed by atoms with Crippen LogP contribution in [0.1, 0.15) is 83.9 Å². The molecule has 0 saturated heterocycles. The quantitative estimate of drug-likeness (QED) is 0.546. The van der Waals surface area contributed by atoms with Gasteiger partial charge < -0.3 is 14.8 Å². The molecule has 1 aliphatic heterocycles. The molecule has 1 spiro atoms. The lowest BCUT2D eigenvalue weighted by atomic mass is 9.62. The van der Waals surface area contributed by atoms with E-state index in [4.69, 9.17) is 4.74 Å². The lowest BCUT2D eigenvalue weighted by Crippen LogP contribution is -2.50. The maximum atomic E-state index is 13.7. The fourth-order valence-electron chi connectivity index (χ4n) is 3.83. The molecule has 10 heteroatoms. The summed E-state index contributed by atoms with van der Waals surface area (Å²) in [7, 11) is 2.81. The van der Waals surface area contributed by atoms with E-state index in [1.54, 1.807) is 33.9 Å². The topological polar surface area (TPSA) is 93.6 Å². The first-order chi connectivity index (χ1) is 15.9. The average molecular weight is 485 g/mol. The third-order valence-electron chi connectivity index (χ3n) is 5.07. The number of carbonyl (C=O) groups excluding carboxylic acids is 2. The monoisotopic (exact) mass is 484 g/mol. The number of carbonyl (C=O) groups is 2. The number of ether oxygens (including phenoxy) is 2. The van der Waals surface area contributed by atoms with Crippen LogP contribution in [0, 0.1) is 5.41 Å². The number of hydrogen-bond acceptors (Lipinski definition) is 7. The first-order valence-electron chi connectivity index (χ1n) is 11.6. The van der Waals surface area contributed by atoms with Gasteiger partial charge in [-0.2, -0.15) is 0 Å². The van der Waals surface area contributed by atoms with E-state index in [0.29, 0.717) is 17.7 Å². The highest BCUT2D eigenvalue weighted by Crippen LogP contribution is 2.57. The summed E-state index contributed by atoms with van der Waals surface area (Å²) in [6.45, 7) is 13.5. The summed E-state index contributed by atoms with van der Waals surface area (Å²) in [5.41, 5.74) is -0.640. The highest BCUT2D eigenvalue weighted by atomic mass is 19.3. The van der Waals surface area contributed by atoms with Gasteiger partial charge in [-0.1, -0.05) is 33.8 Å². The first-order valence-corrected chi connectivity index (χ1v) is 11.6. The zero-order valence-electron chi connectivity index (χ0n) is 21.7. The normalized spacial score (nSPS) is 17.6. The van der Waals surface area contributed by atoms with Crippen molar-refractivity contribution in [3.63, 3.8) is 0 Å². The number of halogens is 2. The van der Waals surface area contributed by atoms with Gasteiger partial charge in [0.1, 0.15) is 11.4 Å². The summed E-state index contributed by atoms with van der Waals surface area (Å²) >= 11 is 0. The number of esters is 1. The second kappa shape index (κ2) is 11.6. The molecule has 1 fully saturated rings. The maximum Gasteiger partial charge on any atom is 0.414 e. The van der Waals surface area contributed by atoms with Crippen LogP contribution in [0.5, 0.6) is 0 Å². The average Bonchev–Trinajstić information content (AvgIpc) is 2.78. The lowest BCUT2D eigenvalue weighted by Gasteiger charge is -2.49. The van der Waals surface area contributed by atoms with Crippen molar-refractivity contribution in [3.05, 3.63) is 23.7 Å². The number of methoxy groups -OCH3 is 1. The number of nitrogens with zero attached hydrogens (tertiary/aromatic N) is 3. The largest absolute Gasteiger partial charge is 0.463 e. The Morgan fingerprint density at radius 2 is 1.74 bits per heavy atom. The van der Waals surface area contributed by atoms with E-state index < -0.39 is 29.0 Å². The lowest BCUT2D eigenvalue weighted by molar-refractivity contribution is -0.146. The first kappa shape index (κ1) is 29.3. The van der Waals surface area contributed by atoms with E-state index in [9.17, 15) is 18.4 Å². The molecule has 2 aliphatic rings. The summed E-state index contributed by atoms with van der Waals surface area (Å²) < 4.78 is 37.5. The Kier molecular flexibility index (Phi) is 9.96. The van der Waals surface area contributed by atoms with E-state index in [-0.39, 0.29) is 31.0 Å². The van der Waals surface area contributed by atoms with E-state index in [2.05, 4.69) is 20.0 Å². The molecular formula is C24H38F2N4O4. The summed E-state index contributed by atoms with van der Waals surface area (Å²) in [4.78, 5) is 34.2. The fourth-order valence-corrected chi connectivity index (χ4v) is 3.83. The van der Waals surface area contributed by atoms with Gasteiger partial charge in [0.2, 0.25) is 11.7 Å². The Hall–Kier alpha value is -2.78. The molecule has 3 rings (SSSR count). The summed E-state index contributed by atoms with van der Waals surface area (Å²) in [6.07, 6.45) is 2.33. The molecule has 1 saturated carbocycles. The molecule has 1 aromatic heterocycles. The van der Waals surface area contributed by atoms with Crippen LogP contribution in [0.25, 0.3) is 5.70 Å². The van der Waals surface area contributed by atoms with Crippen molar-refractivity contribution in [2.75, 3.05) is 26.0 Å². The molecule has 34 heavy (non-hydrogen) atoms. The van der Waals surface area contributed by atoms with E-state index in [0.717, 1.165) is 0 Å². The van der Waals surface area contributed by atoms with Gasteiger partial charge >= 0.3 is 12.1 Å². The molecule has 2 heterocycles. The highest BCUT2D eigenvalue weighted by Gasteiger charge is 2.57. The number of anilines is 1. The molecule has 0 bridgehead atoms. The van der Waals surface area contributed by atoms with E-state index >= 15 is 0 Å². The SMILES string of the molecule is CC.CC.CNc1nc(C(=O)OC)ncc1C1=CC2(CCN1C(=O)OC(C)(C)C)CC(F)(F)C2. The van der Waals surface area contributed by atoms with Crippen LogP contribution < -0.4 is 5.32 Å². The predicted molar refractivity (Wildman–Crippen MR) is 128 cm³/mol. The molecule has 1 aromatic rings. The molecule has 1 aliphatic carbocycles. The van der Waals surface area contributed by atoms with Crippen LogP contribution in [0.15, 0.2) is 12.3 Å². The van der Waals surface area contributed by atoms with Gasteiger partial charge in [0.05, 0.1) is 18.4 Å². The zero-order chi connectivity index (χ0) is 26.3. The smallest absolute Gasteiger partial charge is 0.414 e. The molecule has 8 nitrogen and oxygen atoms in total. The van der Waals surface area contributed by atoms with Gasteiger partial charge in [-0.25, -0.2) is 28.3 Å². The maximum absolute atomic E-state index is 13.7. The minimum atomic E-state index is -2.72. The molecule has 192 valence electrons. The van der Waals surface area contributed by atoms with Crippen molar-refractivity contribution in [2.45, 2.75) is 79.3 Å². The minimum absolute atomic E-state index is 0.157. The number of aromatic nitrogens is 2. The third-order valence-corrected chi connectivity index (χ3v) is 5.07. The van der Waals surface area contributed by atoms with Crippen LogP contribution in [-0.2, 0) is 9.47 Å². The number of alkyl halides is 2. The second-order valence-electron chi connectivity index (χ2n) is 8.68. The van der Waals surface area contributed by atoms with Gasteiger partial charge in [-0.15, -0.1) is 0 Å². The molecule has 1 amide bonds. The Morgan fingerprint density at radius 3 is 2.21 bits per heavy atom. The van der Waals surface area contributed by atoms with Gasteiger partial charge in [0.25, 0.3) is 0 Å². The molecule has 0 atom stereocenters. The number of rotatable bonds is 3. The van der Waals surface area contributed by atoms with E-state index in [1.165, 1.54) is 18.2 Å². The Bertz CT molecular complexity index is 889. The number of allylic oxidation sites excluding steroid dienone is 1. The number of amides is 1. The molecular weight excluding hydrogens is 446 g/mol. The third kappa shape index (κ3) is 6.87. The fraction of sp³-hybridized carbons (Fsp3) is 0.667. The van der Waals surface area contributed by atoms with Crippen molar-refractivity contribution in [3.8, 4) is 0 Å². The van der Waals surface area contributed by atoms with Crippen LogP contribution in [0.3, 0.4) is 0 Å². The van der Waals surface area contributed by atoms with Crippen LogP contribution in [0.4, 0.5) is 19.4 Å². The standard InChI is InChI=1S/C20H26F2N4O4.2C2H6/c1-18(2,3)30-17(28)26-7-6-19(10-20(21,22)11-19)8-13(26)12-9-24-15(16(27)29-5)25-14(12)23-4;2*1-2/h8-9H,6-7,10-11H2,1-5H3,(H,23,24,25);2*1-2H3. The molecule has 0 radical (unpaired) electrons. The van der Waals surface area contributed by atoms with Crippen molar-refractivity contribution >= 4 is 23.6 Å². The van der Waals surface area contributed by atoms with Crippen LogP contribution in [0.2, 0.25) is 0 Å². The molecule has 1 N–H and O–H groups in total. The zero-order valence-corrected chi connectivity index (χ0v) is 21.7. The van der Waals surface area contributed by atoms with Crippen molar-refractivity contribution < 1.29 is 27.8 Å². The number of nitrogens with one attached hydrogen (secondary N) is 1. The summed E-state index contributed by atoms with van der Waals surface area (Å²) in [5, 5.41) is 2.87. The Balaban J connectivity index is 0.00000137. The highest BCUT2D eigenvalue weighted by molar-refractivity contribution is 5.89. The Morgan fingerprint density at radius 1 is 1.15 bits per heavy atom. The molecule has 0 aromatic carbocycles. The predicted octanol–water partition coefficient (Wildman–Crippen LogP) is 5.75. The van der Waals surface area contributed by atoms with Crippen molar-refractivity contribution in [2.24, 2.45) is 5.41 Å². The Labute approximate surface area is 201 Å². The van der Waals surface area contributed by atoms with Crippen molar-refractivity contribution in [1.29, 1.82) is 0 Å². The van der Waals surface area contributed by atoms with E-state index in [1.807, 2.05) is 27.7 Å². The van der Waals surface area contributed by atoms with Crippen LogP contribution >= 0.6 is 0 Å². The van der Waals surface area contributed by atoms with Crippen LogP contribution in [-0.4, -0.2) is 59.2 Å². The van der Waals surface area contributed by atoms with Gasteiger partial charge in [0, 0.05) is 38.0 Å². The van der Waals surface area contributed by atoms with Gasteiger partial charge in [0.15, 0.2) is 0 Å². The summed E-state index contributed by atoms with van der Waals surface area (Å²) in [5.74, 6) is -3.31. The molecule has 0 unspecified atom stereocenters. The minimum Gasteiger partial charge on any atom is -0.463 e. The summed E-state index contributed by atoms with van der Waals surface area (Å²) in [6, 6.07) is 0. The number of hydrogen-bond donors (Lipinski definition) is 1. The van der Waals surface area contributed by atoms with Gasteiger partial charge in [-0.05, 0) is 27.2 Å². The van der Waals surface area contributed by atoms with Gasteiger partial charge in [-0.3, -0.25) is 4.90 Å². The second-order valence-corrected chi connectivity index (χ2v) is 8.68. The van der Waals surface area contributed by atoms with Crippen molar-refractivity contribution in [1.82, 2.24) is 14.9 Å².